The molecule has 1 rings (SSSR count). The zero-order chi connectivity index (χ0) is 13.9. The lowest BCUT2D eigenvalue weighted by Gasteiger charge is -2.10. The molecule has 0 aliphatic rings. The van der Waals surface area contributed by atoms with Crippen LogP contribution in [-0.4, -0.2) is 29.6 Å². The number of Topliss-reactive ketones (excluding diaryl/α,β-unsaturated/α-hetero) is 2. The second kappa shape index (κ2) is 5.39. The van der Waals surface area contributed by atoms with Gasteiger partial charge in [0.05, 0.1) is 12.7 Å². The molecular formula is C12H14N2O4. The number of aromatic nitrogens is 1. The molecule has 0 unspecified atom stereocenters. The highest BCUT2D eigenvalue weighted by Gasteiger charge is 2.28. The van der Waals surface area contributed by atoms with Gasteiger partial charge in [-0.25, -0.2) is 0 Å². The average Bonchev–Trinajstić information content (AvgIpc) is 2.35. The Labute approximate surface area is 104 Å². The summed E-state index contributed by atoms with van der Waals surface area (Å²) in [6.07, 6.45) is 1.29. The van der Waals surface area contributed by atoms with Crippen molar-refractivity contribution in [3.8, 4) is 5.75 Å². The Hall–Kier alpha value is -2.24. The number of nitrogens with two attached hydrogens (primary N) is 1. The molecule has 0 aliphatic carbocycles. The van der Waals surface area contributed by atoms with Gasteiger partial charge in [-0.15, -0.1) is 0 Å². The fraction of sp³-hybridized carbons (Fsp3) is 0.333. The quantitative estimate of drug-likeness (QED) is 0.609. The number of hydrogen-bond acceptors (Lipinski definition) is 5. The summed E-state index contributed by atoms with van der Waals surface area (Å²) in [7, 11) is 1.33. The molecule has 0 saturated carbocycles. The Morgan fingerprint density at radius 2 is 1.94 bits per heavy atom. The van der Waals surface area contributed by atoms with Gasteiger partial charge < -0.3 is 10.5 Å². The molecule has 2 N–H and O–H groups in total. The van der Waals surface area contributed by atoms with Gasteiger partial charge in [-0.3, -0.25) is 19.4 Å². The SMILES string of the molecule is COc1ccnc(C(N)=O)c1C(=O)C(=O)C(C)C. The van der Waals surface area contributed by atoms with Gasteiger partial charge in [0, 0.05) is 12.1 Å². The number of methoxy groups -OCH3 is 1. The van der Waals surface area contributed by atoms with Gasteiger partial charge in [0.15, 0.2) is 0 Å². The van der Waals surface area contributed by atoms with E-state index in [4.69, 9.17) is 10.5 Å². The van der Waals surface area contributed by atoms with Crippen LogP contribution in [0.5, 0.6) is 5.75 Å². The van der Waals surface area contributed by atoms with E-state index in [1.54, 1.807) is 13.8 Å². The van der Waals surface area contributed by atoms with E-state index in [0.29, 0.717) is 0 Å². The number of hydrogen-bond donors (Lipinski definition) is 1. The third kappa shape index (κ3) is 2.53. The minimum Gasteiger partial charge on any atom is -0.496 e. The molecular weight excluding hydrogens is 236 g/mol. The largest absolute Gasteiger partial charge is 0.496 e. The number of ketones is 2. The number of nitrogens with zero attached hydrogens (tertiary/aromatic N) is 1. The summed E-state index contributed by atoms with van der Waals surface area (Å²) in [5.41, 5.74) is 4.70. The van der Waals surface area contributed by atoms with Gasteiger partial charge in [0.2, 0.25) is 11.6 Å². The van der Waals surface area contributed by atoms with Crippen molar-refractivity contribution >= 4 is 17.5 Å². The highest BCUT2D eigenvalue weighted by Crippen LogP contribution is 2.22. The molecule has 0 spiro atoms. The summed E-state index contributed by atoms with van der Waals surface area (Å²) in [5, 5.41) is 0. The Balaban J connectivity index is 3.41. The van der Waals surface area contributed by atoms with E-state index in [-0.39, 0.29) is 17.0 Å². The smallest absolute Gasteiger partial charge is 0.268 e. The fourth-order valence-electron chi connectivity index (χ4n) is 1.41. The van der Waals surface area contributed by atoms with Crippen molar-refractivity contribution in [2.24, 2.45) is 11.7 Å². The number of rotatable bonds is 5. The molecule has 0 saturated heterocycles. The van der Waals surface area contributed by atoms with Crippen molar-refractivity contribution < 1.29 is 19.1 Å². The van der Waals surface area contributed by atoms with E-state index >= 15 is 0 Å². The first-order chi connectivity index (χ1) is 8.40. The molecule has 1 amide bonds. The van der Waals surface area contributed by atoms with Gasteiger partial charge in [-0.05, 0) is 6.07 Å². The minimum absolute atomic E-state index is 0.109. The summed E-state index contributed by atoms with van der Waals surface area (Å²) in [5.74, 6) is -2.69. The number of carbonyl (C=O) groups excluding carboxylic acids is 3. The van der Waals surface area contributed by atoms with Crippen molar-refractivity contribution in [1.82, 2.24) is 4.98 Å². The molecule has 6 nitrogen and oxygen atoms in total. The molecule has 0 fully saturated rings. The van der Waals surface area contributed by atoms with Gasteiger partial charge in [0.1, 0.15) is 11.4 Å². The molecule has 1 aromatic rings. The normalized spacial score (nSPS) is 10.2. The van der Waals surface area contributed by atoms with Crippen LogP contribution in [0, 0.1) is 5.92 Å². The molecule has 0 aliphatic heterocycles. The maximum atomic E-state index is 12.0. The standard InChI is InChI=1S/C12H14N2O4/c1-6(2)10(15)11(16)8-7(18-3)4-5-14-9(8)12(13)17/h4-6H,1-3H3,(H2,13,17). The monoisotopic (exact) mass is 250 g/mol. The summed E-state index contributed by atoms with van der Waals surface area (Å²) in [4.78, 5) is 38.7. The summed E-state index contributed by atoms with van der Waals surface area (Å²) in [6.45, 7) is 3.18. The zero-order valence-electron chi connectivity index (χ0n) is 10.4. The van der Waals surface area contributed by atoms with E-state index < -0.39 is 23.4 Å². The number of carbonyl (C=O) groups is 3. The summed E-state index contributed by atoms with van der Waals surface area (Å²) in [6, 6.07) is 1.40. The predicted octanol–water partition coefficient (Wildman–Crippen LogP) is 0.597. The van der Waals surface area contributed by atoms with Crippen LogP contribution in [0.25, 0.3) is 0 Å². The van der Waals surface area contributed by atoms with Crippen molar-refractivity contribution in [2.75, 3.05) is 7.11 Å². The van der Waals surface area contributed by atoms with E-state index in [9.17, 15) is 14.4 Å². The highest BCUT2D eigenvalue weighted by molar-refractivity contribution is 6.45. The first-order valence-corrected chi connectivity index (χ1v) is 5.31. The minimum atomic E-state index is -0.881. The Morgan fingerprint density at radius 3 is 2.39 bits per heavy atom. The maximum absolute atomic E-state index is 12.0. The Bertz CT molecular complexity index is 509. The molecule has 0 radical (unpaired) electrons. The third-order valence-electron chi connectivity index (χ3n) is 2.34. The number of ether oxygens (including phenoxy) is 1. The zero-order valence-corrected chi connectivity index (χ0v) is 10.4. The molecule has 0 bridgehead atoms. The van der Waals surface area contributed by atoms with Gasteiger partial charge in [-0.2, -0.15) is 0 Å². The van der Waals surface area contributed by atoms with Gasteiger partial charge in [0.25, 0.3) is 5.91 Å². The lowest BCUT2D eigenvalue weighted by atomic mass is 9.97. The Morgan fingerprint density at radius 1 is 1.33 bits per heavy atom. The van der Waals surface area contributed by atoms with Gasteiger partial charge in [-0.1, -0.05) is 13.8 Å². The molecule has 0 aromatic carbocycles. The van der Waals surface area contributed by atoms with Crippen LogP contribution in [0.4, 0.5) is 0 Å². The van der Waals surface area contributed by atoms with Crippen molar-refractivity contribution in [3.63, 3.8) is 0 Å². The average molecular weight is 250 g/mol. The molecule has 1 heterocycles. The van der Waals surface area contributed by atoms with Crippen molar-refractivity contribution in [1.29, 1.82) is 0 Å². The number of primary amides is 1. The van der Waals surface area contributed by atoms with Crippen LogP contribution in [0.3, 0.4) is 0 Å². The summed E-state index contributed by atoms with van der Waals surface area (Å²) >= 11 is 0. The second-order valence-corrected chi connectivity index (χ2v) is 3.95. The third-order valence-corrected chi connectivity index (χ3v) is 2.34. The first-order valence-electron chi connectivity index (χ1n) is 5.31. The van der Waals surface area contributed by atoms with Crippen LogP contribution in [-0.2, 0) is 4.79 Å². The topological polar surface area (TPSA) is 99.3 Å². The van der Waals surface area contributed by atoms with E-state index in [1.807, 2.05) is 0 Å². The van der Waals surface area contributed by atoms with Crippen molar-refractivity contribution in [3.05, 3.63) is 23.5 Å². The molecule has 1 aromatic heterocycles. The summed E-state index contributed by atoms with van der Waals surface area (Å²) < 4.78 is 4.97. The van der Waals surface area contributed by atoms with Crippen LogP contribution in [0.15, 0.2) is 12.3 Å². The molecule has 96 valence electrons. The second-order valence-electron chi connectivity index (χ2n) is 3.95. The fourth-order valence-corrected chi connectivity index (χ4v) is 1.41. The van der Waals surface area contributed by atoms with Crippen LogP contribution in [0.2, 0.25) is 0 Å². The van der Waals surface area contributed by atoms with E-state index in [0.717, 1.165) is 0 Å². The first kappa shape index (κ1) is 13.8. The number of amides is 1. The van der Waals surface area contributed by atoms with E-state index in [1.165, 1.54) is 19.4 Å². The van der Waals surface area contributed by atoms with Crippen LogP contribution in [0.1, 0.15) is 34.7 Å². The lowest BCUT2D eigenvalue weighted by molar-refractivity contribution is -0.117. The van der Waals surface area contributed by atoms with Gasteiger partial charge >= 0.3 is 0 Å². The molecule has 6 heteroatoms. The van der Waals surface area contributed by atoms with E-state index in [2.05, 4.69) is 4.98 Å². The Kier molecular flexibility index (Phi) is 4.14. The van der Waals surface area contributed by atoms with Crippen molar-refractivity contribution in [2.45, 2.75) is 13.8 Å². The van der Waals surface area contributed by atoms with Crippen LogP contribution < -0.4 is 10.5 Å². The lowest BCUT2D eigenvalue weighted by Crippen LogP contribution is -2.25. The molecule has 0 atom stereocenters. The predicted molar refractivity (Wildman–Crippen MR) is 63.5 cm³/mol. The molecule has 18 heavy (non-hydrogen) atoms. The maximum Gasteiger partial charge on any atom is 0.268 e. The number of pyridine rings is 1. The van der Waals surface area contributed by atoms with Crippen LogP contribution >= 0.6 is 0 Å². The highest BCUT2D eigenvalue weighted by atomic mass is 16.5.